The van der Waals surface area contributed by atoms with E-state index in [9.17, 15) is 13.2 Å². The first kappa shape index (κ1) is 26.0. The molecule has 0 aliphatic carbocycles. The van der Waals surface area contributed by atoms with Crippen LogP contribution in [-0.2, 0) is 19.6 Å². The molecule has 8 nitrogen and oxygen atoms in total. The first-order valence-electron chi connectivity index (χ1n) is 11.5. The molecule has 2 saturated heterocycles. The molecule has 2 fully saturated rings. The van der Waals surface area contributed by atoms with Gasteiger partial charge in [0.1, 0.15) is 17.3 Å². The van der Waals surface area contributed by atoms with Crippen molar-refractivity contribution in [3.8, 4) is 5.75 Å². The van der Waals surface area contributed by atoms with E-state index in [-0.39, 0.29) is 40.1 Å². The third kappa shape index (κ3) is 5.86. The van der Waals surface area contributed by atoms with E-state index < -0.39 is 10.0 Å². The van der Waals surface area contributed by atoms with Gasteiger partial charge in [0.2, 0.25) is 15.9 Å². The average molecular weight is 542 g/mol. The van der Waals surface area contributed by atoms with Gasteiger partial charge < -0.3 is 19.3 Å². The van der Waals surface area contributed by atoms with Crippen LogP contribution < -0.4 is 9.64 Å². The van der Waals surface area contributed by atoms with Crippen molar-refractivity contribution in [2.45, 2.75) is 23.8 Å². The Morgan fingerprint density at radius 2 is 1.71 bits per heavy atom. The van der Waals surface area contributed by atoms with Crippen LogP contribution in [0.3, 0.4) is 0 Å². The normalized spacial score (nSPS) is 19.2. The number of methoxy groups -OCH3 is 1. The molecule has 0 spiro atoms. The lowest BCUT2D eigenvalue weighted by molar-refractivity contribution is -0.136. The average Bonchev–Trinajstić information content (AvgIpc) is 3.33. The lowest BCUT2D eigenvalue weighted by Crippen LogP contribution is -2.50. The van der Waals surface area contributed by atoms with Gasteiger partial charge >= 0.3 is 0 Å². The number of anilines is 1. The highest BCUT2D eigenvalue weighted by Crippen LogP contribution is 2.34. The molecule has 2 aliphatic heterocycles. The van der Waals surface area contributed by atoms with Crippen molar-refractivity contribution in [1.29, 1.82) is 0 Å². The zero-order valence-corrected chi connectivity index (χ0v) is 21.9. The maximum Gasteiger partial charge on any atom is 0.248 e. The molecular weight excluding hydrogens is 513 g/mol. The Kier molecular flexibility index (Phi) is 8.44. The van der Waals surface area contributed by atoms with E-state index in [1.807, 2.05) is 24.3 Å². The summed E-state index contributed by atoms with van der Waals surface area (Å²) < 4.78 is 38.8. The number of carbonyl (C=O) groups is 1. The van der Waals surface area contributed by atoms with Crippen LogP contribution in [0.1, 0.15) is 12.8 Å². The van der Waals surface area contributed by atoms with E-state index in [0.717, 1.165) is 11.4 Å². The Morgan fingerprint density at radius 3 is 2.40 bits per heavy atom. The predicted molar refractivity (Wildman–Crippen MR) is 136 cm³/mol. The minimum atomic E-state index is -3.88. The molecule has 0 radical (unpaired) electrons. The molecule has 4 rings (SSSR count). The number of hydrogen-bond donors (Lipinski definition) is 0. The Morgan fingerprint density at radius 1 is 1.03 bits per heavy atom. The van der Waals surface area contributed by atoms with Crippen molar-refractivity contribution in [2.24, 2.45) is 0 Å². The molecule has 0 bridgehead atoms. The van der Waals surface area contributed by atoms with Crippen LogP contribution in [0.5, 0.6) is 5.75 Å². The van der Waals surface area contributed by atoms with Gasteiger partial charge in [-0.2, -0.15) is 4.31 Å². The molecule has 0 aromatic heterocycles. The fourth-order valence-corrected chi connectivity index (χ4v) is 7.31. The highest BCUT2D eigenvalue weighted by molar-refractivity contribution is 7.89. The van der Waals surface area contributed by atoms with Crippen molar-refractivity contribution in [1.82, 2.24) is 9.21 Å². The standard InChI is InChI=1S/C24H29Cl2N3O5S/c1-33-20-7-2-5-18(15-20)27-11-13-28(14-12-27)23(30)17-34-16-19-6-4-10-29(19)35(31,32)24-21(25)8-3-9-22(24)26/h2-3,5,7-9,15,19H,4,6,10-14,16-17H2,1H3. The molecule has 1 atom stereocenters. The second-order valence-electron chi connectivity index (χ2n) is 8.55. The quantitative estimate of drug-likeness (QED) is 0.508. The van der Waals surface area contributed by atoms with Crippen LogP contribution in [0.4, 0.5) is 5.69 Å². The summed E-state index contributed by atoms with van der Waals surface area (Å²) in [4.78, 5) is 16.6. The van der Waals surface area contributed by atoms with Crippen molar-refractivity contribution >= 4 is 44.8 Å². The highest BCUT2D eigenvalue weighted by Gasteiger charge is 2.37. The molecule has 0 N–H and O–H groups in total. The number of nitrogens with zero attached hydrogens (tertiary/aromatic N) is 3. The largest absolute Gasteiger partial charge is 0.497 e. The first-order valence-corrected chi connectivity index (χ1v) is 13.7. The van der Waals surface area contributed by atoms with Gasteiger partial charge in [-0.25, -0.2) is 8.42 Å². The second-order valence-corrected chi connectivity index (χ2v) is 11.2. The SMILES string of the molecule is COc1cccc(N2CCN(C(=O)COCC3CCCN3S(=O)(=O)c3c(Cl)cccc3Cl)CC2)c1. The highest BCUT2D eigenvalue weighted by atomic mass is 35.5. The van der Waals surface area contributed by atoms with Crippen molar-refractivity contribution in [3.63, 3.8) is 0 Å². The van der Waals surface area contributed by atoms with Gasteiger partial charge in [0.05, 0.1) is 23.8 Å². The fraction of sp³-hybridized carbons (Fsp3) is 0.458. The van der Waals surface area contributed by atoms with Gasteiger partial charge in [0.15, 0.2) is 0 Å². The van der Waals surface area contributed by atoms with Gasteiger partial charge in [-0.1, -0.05) is 35.3 Å². The van der Waals surface area contributed by atoms with E-state index in [1.54, 1.807) is 18.1 Å². The summed E-state index contributed by atoms with van der Waals surface area (Å²) in [5, 5.41) is 0.180. The molecule has 1 unspecified atom stereocenters. The first-order chi connectivity index (χ1) is 16.8. The predicted octanol–water partition coefficient (Wildman–Crippen LogP) is 3.52. The lowest BCUT2D eigenvalue weighted by Gasteiger charge is -2.36. The number of carbonyl (C=O) groups excluding carboxylic acids is 1. The Balaban J connectivity index is 1.28. The van der Waals surface area contributed by atoms with Crippen LogP contribution in [0, 0.1) is 0 Å². The summed E-state index contributed by atoms with van der Waals surface area (Å²) in [6.45, 7) is 3.02. The number of benzene rings is 2. The molecule has 2 heterocycles. The molecule has 11 heteroatoms. The van der Waals surface area contributed by atoms with Gasteiger partial charge in [0, 0.05) is 50.5 Å². The van der Waals surface area contributed by atoms with Gasteiger partial charge in [-0.15, -0.1) is 0 Å². The van der Waals surface area contributed by atoms with Gasteiger partial charge in [-0.05, 0) is 37.1 Å². The number of halogens is 2. The Bertz CT molecular complexity index is 1140. The molecule has 190 valence electrons. The van der Waals surface area contributed by atoms with Crippen molar-refractivity contribution in [3.05, 3.63) is 52.5 Å². The summed E-state index contributed by atoms with van der Waals surface area (Å²) in [5.41, 5.74) is 1.06. The maximum absolute atomic E-state index is 13.2. The van der Waals surface area contributed by atoms with E-state index >= 15 is 0 Å². The van der Waals surface area contributed by atoms with E-state index in [1.165, 1.54) is 16.4 Å². The number of ether oxygens (including phenoxy) is 2. The number of amides is 1. The summed E-state index contributed by atoms with van der Waals surface area (Å²) >= 11 is 12.3. The summed E-state index contributed by atoms with van der Waals surface area (Å²) in [5.74, 6) is 0.700. The van der Waals surface area contributed by atoms with Gasteiger partial charge in [-0.3, -0.25) is 4.79 Å². The maximum atomic E-state index is 13.2. The van der Waals surface area contributed by atoms with Crippen LogP contribution in [0.2, 0.25) is 10.0 Å². The van der Waals surface area contributed by atoms with Crippen LogP contribution in [-0.4, -0.2) is 82.6 Å². The number of rotatable bonds is 8. The number of hydrogen-bond acceptors (Lipinski definition) is 6. The van der Waals surface area contributed by atoms with E-state index in [2.05, 4.69) is 4.90 Å². The lowest BCUT2D eigenvalue weighted by atomic mass is 10.2. The third-order valence-electron chi connectivity index (χ3n) is 6.40. The minimum absolute atomic E-state index is 0.0831. The summed E-state index contributed by atoms with van der Waals surface area (Å²) in [6.07, 6.45) is 1.35. The Labute approximate surface area is 216 Å². The molecule has 35 heavy (non-hydrogen) atoms. The van der Waals surface area contributed by atoms with Crippen LogP contribution >= 0.6 is 23.2 Å². The minimum Gasteiger partial charge on any atom is -0.497 e. The molecule has 1 amide bonds. The van der Waals surface area contributed by atoms with Crippen molar-refractivity contribution in [2.75, 3.05) is 57.9 Å². The molecule has 2 aromatic carbocycles. The second kappa shape index (κ2) is 11.3. The zero-order chi connectivity index (χ0) is 25.0. The molecule has 0 saturated carbocycles. The van der Waals surface area contributed by atoms with Crippen LogP contribution in [0.15, 0.2) is 47.4 Å². The Hall–Kier alpha value is -2.04. The molecule has 2 aliphatic rings. The van der Waals surface area contributed by atoms with E-state index in [4.69, 9.17) is 32.7 Å². The zero-order valence-electron chi connectivity index (χ0n) is 19.5. The smallest absolute Gasteiger partial charge is 0.248 e. The fourth-order valence-electron chi connectivity index (χ4n) is 4.53. The number of sulfonamides is 1. The van der Waals surface area contributed by atoms with Gasteiger partial charge in [0.25, 0.3) is 0 Å². The molecular formula is C24H29Cl2N3O5S. The third-order valence-corrected chi connectivity index (χ3v) is 9.30. The van der Waals surface area contributed by atoms with Crippen LogP contribution in [0.25, 0.3) is 0 Å². The summed E-state index contributed by atoms with van der Waals surface area (Å²) in [6, 6.07) is 12.1. The molecule has 2 aromatic rings. The summed E-state index contributed by atoms with van der Waals surface area (Å²) in [7, 11) is -2.24. The van der Waals surface area contributed by atoms with Crippen molar-refractivity contribution < 1.29 is 22.7 Å². The topological polar surface area (TPSA) is 79.4 Å². The monoisotopic (exact) mass is 541 g/mol. The number of piperazine rings is 1. The van der Waals surface area contributed by atoms with E-state index in [0.29, 0.717) is 45.6 Å².